The molecule has 10 nitrogen and oxygen atoms in total. The Balaban J connectivity index is 2.31. The molecule has 180 valence electrons. The van der Waals surface area contributed by atoms with Gasteiger partial charge in [0.25, 0.3) is 5.91 Å². The van der Waals surface area contributed by atoms with Gasteiger partial charge in [-0.1, -0.05) is 19.9 Å². The fourth-order valence-electron chi connectivity index (χ4n) is 4.08. The SMILES string of the molecule is COc1cccc(C(=O)N[C@H](C(=O)[N+]2(C(=O)N[C@H](C=O)CC(=O)O)CCCC2)C(C)C)c1C. The van der Waals surface area contributed by atoms with E-state index in [0.717, 1.165) is 0 Å². The summed E-state index contributed by atoms with van der Waals surface area (Å²) in [6.45, 7) is 5.69. The number of rotatable bonds is 9. The molecule has 1 aliphatic rings. The summed E-state index contributed by atoms with van der Waals surface area (Å²) >= 11 is 0. The van der Waals surface area contributed by atoms with Gasteiger partial charge in [0.1, 0.15) is 24.1 Å². The van der Waals surface area contributed by atoms with E-state index in [1.807, 2.05) is 0 Å². The van der Waals surface area contributed by atoms with Gasteiger partial charge in [-0.3, -0.25) is 14.9 Å². The van der Waals surface area contributed by atoms with E-state index >= 15 is 0 Å². The molecule has 0 radical (unpaired) electrons. The number of carboxylic acid groups (broad SMARTS) is 1. The van der Waals surface area contributed by atoms with E-state index in [4.69, 9.17) is 9.84 Å². The highest BCUT2D eigenvalue weighted by atomic mass is 16.5. The fraction of sp³-hybridized carbons (Fsp3) is 0.522. The molecule has 1 heterocycles. The van der Waals surface area contributed by atoms with Crippen LogP contribution in [0.2, 0.25) is 0 Å². The molecular weight excluding hydrogens is 430 g/mol. The summed E-state index contributed by atoms with van der Waals surface area (Å²) in [5.74, 6) is -1.98. The van der Waals surface area contributed by atoms with Crippen LogP contribution in [0.5, 0.6) is 5.75 Å². The van der Waals surface area contributed by atoms with Gasteiger partial charge in [0.15, 0.2) is 0 Å². The summed E-state index contributed by atoms with van der Waals surface area (Å²) in [4.78, 5) is 62.1. The van der Waals surface area contributed by atoms with Crippen molar-refractivity contribution in [1.82, 2.24) is 10.6 Å². The van der Waals surface area contributed by atoms with Gasteiger partial charge in [-0.05, 0) is 25.0 Å². The van der Waals surface area contributed by atoms with Crippen molar-refractivity contribution in [3.63, 3.8) is 0 Å². The van der Waals surface area contributed by atoms with Crippen LogP contribution in [-0.4, -0.2) is 72.0 Å². The topological polar surface area (TPSA) is 139 Å². The largest absolute Gasteiger partial charge is 0.496 e. The summed E-state index contributed by atoms with van der Waals surface area (Å²) in [5.41, 5.74) is 0.977. The first-order chi connectivity index (χ1) is 15.6. The molecule has 1 saturated heterocycles. The quantitative estimate of drug-likeness (QED) is 0.375. The van der Waals surface area contributed by atoms with Gasteiger partial charge in [0, 0.05) is 24.0 Å². The van der Waals surface area contributed by atoms with Crippen LogP contribution >= 0.6 is 0 Å². The Morgan fingerprint density at radius 1 is 1.15 bits per heavy atom. The van der Waals surface area contributed by atoms with E-state index in [-0.39, 0.29) is 19.0 Å². The fourth-order valence-corrected chi connectivity index (χ4v) is 4.08. The van der Waals surface area contributed by atoms with Gasteiger partial charge in [-0.15, -0.1) is 0 Å². The van der Waals surface area contributed by atoms with Crippen molar-refractivity contribution in [3.05, 3.63) is 29.3 Å². The molecule has 1 aromatic rings. The van der Waals surface area contributed by atoms with Gasteiger partial charge >= 0.3 is 17.9 Å². The predicted octanol–water partition coefficient (Wildman–Crippen LogP) is 1.65. The smallest absolute Gasteiger partial charge is 0.424 e. The van der Waals surface area contributed by atoms with Crippen LogP contribution in [0.3, 0.4) is 0 Å². The molecular formula is C23H32N3O7+. The molecule has 0 unspecified atom stereocenters. The van der Waals surface area contributed by atoms with Crippen molar-refractivity contribution in [2.24, 2.45) is 5.92 Å². The van der Waals surface area contributed by atoms with E-state index in [2.05, 4.69) is 10.6 Å². The maximum atomic E-state index is 13.7. The van der Waals surface area contributed by atoms with Crippen molar-refractivity contribution in [2.45, 2.75) is 52.1 Å². The first-order valence-electron chi connectivity index (χ1n) is 10.9. The maximum absolute atomic E-state index is 13.7. The van der Waals surface area contributed by atoms with Crippen molar-refractivity contribution >= 4 is 30.1 Å². The Bertz CT molecular complexity index is 923. The Morgan fingerprint density at radius 3 is 2.30 bits per heavy atom. The summed E-state index contributed by atoms with van der Waals surface area (Å²) in [5, 5.41) is 14.1. The van der Waals surface area contributed by atoms with E-state index in [1.54, 1.807) is 39.0 Å². The Labute approximate surface area is 192 Å². The van der Waals surface area contributed by atoms with Crippen LogP contribution in [0.4, 0.5) is 4.79 Å². The number of benzene rings is 1. The molecule has 0 aromatic heterocycles. The highest BCUT2D eigenvalue weighted by Gasteiger charge is 2.51. The van der Waals surface area contributed by atoms with Crippen LogP contribution in [0.1, 0.15) is 49.0 Å². The van der Waals surface area contributed by atoms with Gasteiger partial charge in [-0.2, -0.15) is 4.48 Å². The highest BCUT2D eigenvalue weighted by molar-refractivity contribution is 5.99. The third-order valence-electron chi connectivity index (χ3n) is 5.98. The van der Waals surface area contributed by atoms with Crippen LogP contribution in [0.25, 0.3) is 0 Å². The average molecular weight is 463 g/mol. The highest BCUT2D eigenvalue weighted by Crippen LogP contribution is 2.25. The number of amides is 4. The molecule has 3 N–H and O–H groups in total. The molecule has 2 rings (SSSR count). The number of methoxy groups -OCH3 is 1. The number of imide groups is 1. The van der Waals surface area contributed by atoms with E-state index < -0.39 is 46.8 Å². The molecule has 0 bridgehead atoms. The molecule has 1 aromatic carbocycles. The van der Waals surface area contributed by atoms with Gasteiger partial charge in [-0.25, -0.2) is 9.59 Å². The molecule has 1 fully saturated rings. The Kier molecular flexibility index (Phi) is 8.69. The summed E-state index contributed by atoms with van der Waals surface area (Å²) in [6.07, 6.45) is 0.981. The van der Waals surface area contributed by atoms with Crippen molar-refractivity contribution in [1.29, 1.82) is 0 Å². The van der Waals surface area contributed by atoms with Gasteiger partial charge in [0.05, 0.1) is 26.6 Å². The second-order valence-electron chi connectivity index (χ2n) is 8.58. The Morgan fingerprint density at radius 2 is 1.79 bits per heavy atom. The van der Waals surface area contributed by atoms with E-state index in [1.165, 1.54) is 7.11 Å². The summed E-state index contributed by atoms with van der Waals surface area (Å²) in [7, 11) is 1.50. The number of aldehydes is 1. The van der Waals surface area contributed by atoms with Crippen molar-refractivity contribution in [2.75, 3.05) is 20.2 Å². The number of nitrogens with one attached hydrogen (secondary N) is 2. The van der Waals surface area contributed by atoms with Crippen LogP contribution in [0.15, 0.2) is 18.2 Å². The molecule has 0 saturated carbocycles. The molecule has 0 spiro atoms. The first kappa shape index (κ1) is 26.0. The zero-order valence-electron chi connectivity index (χ0n) is 19.4. The molecule has 0 aliphatic carbocycles. The number of carbonyl (C=O) groups is 5. The number of nitrogens with zero attached hydrogens (tertiary/aromatic N) is 1. The normalized spacial score (nSPS) is 16.5. The zero-order valence-corrected chi connectivity index (χ0v) is 19.4. The van der Waals surface area contributed by atoms with Gasteiger partial charge in [0.2, 0.25) is 0 Å². The zero-order chi connectivity index (χ0) is 24.8. The third kappa shape index (κ3) is 5.75. The molecule has 10 heteroatoms. The molecule has 2 atom stereocenters. The van der Waals surface area contributed by atoms with E-state index in [0.29, 0.717) is 36.0 Å². The monoisotopic (exact) mass is 462 g/mol. The van der Waals surface area contributed by atoms with Crippen LogP contribution in [-0.2, 0) is 14.4 Å². The molecule has 33 heavy (non-hydrogen) atoms. The molecule has 1 aliphatic heterocycles. The lowest BCUT2D eigenvalue weighted by Crippen LogP contribution is -2.66. The standard InChI is InChI=1S/C23H31N3O7/c1-14(2)20(25-21(30)17-8-7-9-18(33-4)15(17)3)22(31)26(10-5-6-11-26)23(32)24-16(13-27)12-19(28)29/h7-9,13-14,16,20H,5-6,10-12H2,1-4H3,(H2-,24,25,28,29,30,32)/p+1/t16-,20-/m0/s1. The minimum Gasteiger partial charge on any atom is -0.496 e. The lowest BCUT2D eigenvalue weighted by atomic mass is 10.00. The summed E-state index contributed by atoms with van der Waals surface area (Å²) < 4.78 is 4.67. The second kappa shape index (κ2) is 11.0. The minimum absolute atomic E-state index is 0.209. The number of aliphatic carboxylic acids is 1. The number of quaternary nitrogens is 1. The number of carbonyl (C=O) groups excluding carboxylic acids is 4. The van der Waals surface area contributed by atoms with E-state index in [9.17, 15) is 24.0 Å². The number of carboxylic acids is 1. The third-order valence-corrected chi connectivity index (χ3v) is 5.98. The predicted molar refractivity (Wildman–Crippen MR) is 119 cm³/mol. The van der Waals surface area contributed by atoms with Crippen LogP contribution in [0, 0.1) is 12.8 Å². The van der Waals surface area contributed by atoms with Gasteiger partial charge < -0.3 is 20.0 Å². The lowest BCUT2D eigenvalue weighted by Gasteiger charge is -2.33. The lowest BCUT2D eigenvalue weighted by molar-refractivity contribution is -0.761. The first-order valence-corrected chi connectivity index (χ1v) is 10.9. The average Bonchev–Trinajstić information content (AvgIpc) is 3.27. The number of likely N-dealkylation sites (tertiary alicyclic amines) is 1. The number of hydrogen-bond acceptors (Lipinski definition) is 6. The second-order valence-corrected chi connectivity index (χ2v) is 8.58. The number of ether oxygens (including phenoxy) is 1. The maximum Gasteiger partial charge on any atom is 0.424 e. The molecule has 4 amide bonds. The van der Waals surface area contributed by atoms with Crippen molar-refractivity contribution < 1.29 is 38.3 Å². The van der Waals surface area contributed by atoms with Crippen LogP contribution < -0.4 is 15.4 Å². The number of urea groups is 1. The van der Waals surface area contributed by atoms with Crippen molar-refractivity contribution in [3.8, 4) is 5.75 Å². The summed E-state index contributed by atoms with van der Waals surface area (Å²) in [6, 6.07) is 2.09. The number of hydrogen-bond donors (Lipinski definition) is 3. The minimum atomic E-state index is -1.25. The Hall–Kier alpha value is -3.27.